The number of anilines is 1. The van der Waals surface area contributed by atoms with Crippen LogP contribution in [0.1, 0.15) is 24.5 Å². The van der Waals surface area contributed by atoms with Gasteiger partial charge >= 0.3 is 0 Å². The lowest BCUT2D eigenvalue weighted by Crippen LogP contribution is -2.24. The number of amides is 2. The van der Waals surface area contributed by atoms with Crippen LogP contribution >= 0.6 is 34.8 Å². The number of benzene rings is 3. The van der Waals surface area contributed by atoms with Crippen molar-refractivity contribution in [2.45, 2.75) is 20.0 Å². The van der Waals surface area contributed by atoms with E-state index in [-0.39, 0.29) is 13.0 Å². The van der Waals surface area contributed by atoms with E-state index in [2.05, 4.69) is 15.8 Å². The maximum absolute atomic E-state index is 12.0. The van der Waals surface area contributed by atoms with Crippen LogP contribution < -0.4 is 20.2 Å². The third-order valence-corrected chi connectivity index (χ3v) is 5.36. The second kappa shape index (κ2) is 13.0. The van der Waals surface area contributed by atoms with E-state index in [4.69, 9.17) is 44.3 Å². The van der Waals surface area contributed by atoms with Gasteiger partial charge in [0.25, 0.3) is 0 Å². The lowest BCUT2D eigenvalue weighted by molar-refractivity contribution is -0.126. The standard InChI is InChI=1S/C25H22Cl3N3O4/c1-2-34-23-11-16(3-10-22(23)35-15-17-4-5-19(27)12-21(17)28)14-29-31-25(33)13-24(32)30-20-8-6-18(26)7-9-20/h3-12,14H,2,13,15H2,1H3,(H,30,32)(H,31,33). The number of carbonyl (C=O) groups excluding carboxylic acids is 2. The summed E-state index contributed by atoms with van der Waals surface area (Å²) in [5, 5.41) is 8.13. The lowest BCUT2D eigenvalue weighted by atomic mass is 10.2. The second-order valence-electron chi connectivity index (χ2n) is 7.19. The Labute approximate surface area is 218 Å². The average molecular weight is 535 g/mol. The minimum atomic E-state index is -0.558. The Morgan fingerprint density at radius 2 is 1.63 bits per heavy atom. The highest BCUT2D eigenvalue weighted by molar-refractivity contribution is 6.35. The van der Waals surface area contributed by atoms with Crippen LogP contribution in [0.25, 0.3) is 0 Å². The van der Waals surface area contributed by atoms with Gasteiger partial charge in [0.15, 0.2) is 11.5 Å². The normalized spacial score (nSPS) is 10.7. The van der Waals surface area contributed by atoms with E-state index in [1.165, 1.54) is 6.21 Å². The molecule has 0 saturated carbocycles. The van der Waals surface area contributed by atoms with E-state index in [1.54, 1.807) is 60.7 Å². The molecule has 2 N–H and O–H groups in total. The first-order chi connectivity index (χ1) is 16.8. The van der Waals surface area contributed by atoms with Gasteiger partial charge in [0.05, 0.1) is 12.8 Å². The molecule has 3 aromatic carbocycles. The number of rotatable bonds is 10. The Morgan fingerprint density at radius 1 is 0.886 bits per heavy atom. The second-order valence-corrected chi connectivity index (χ2v) is 8.47. The van der Waals surface area contributed by atoms with Crippen LogP contribution in [-0.4, -0.2) is 24.6 Å². The summed E-state index contributed by atoms with van der Waals surface area (Å²) in [6.07, 6.45) is 1.06. The van der Waals surface area contributed by atoms with Crippen LogP contribution in [-0.2, 0) is 16.2 Å². The quantitative estimate of drug-likeness (QED) is 0.187. The number of ether oxygens (including phenoxy) is 2. The maximum atomic E-state index is 12.0. The van der Waals surface area contributed by atoms with Crippen molar-refractivity contribution in [3.8, 4) is 11.5 Å². The highest BCUT2D eigenvalue weighted by Crippen LogP contribution is 2.30. The summed E-state index contributed by atoms with van der Waals surface area (Å²) in [6, 6.07) is 17.0. The van der Waals surface area contributed by atoms with Crippen LogP contribution in [0.2, 0.25) is 15.1 Å². The minimum Gasteiger partial charge on any atom is -0.490 e. The van der Waals surface area contributed by atoms with E-state index in [9.17, 15) is 9.59 Å². The molecule has 0 bridgehead atoms. The van der Waals surface area contributed by atoms with Crippen molar-refractivity contribution in [3.05, 3.63) is 86.9 Å². The Balaban J connectivity index is 1.55. The molecule has 0 aliphatic heterocycles. The number of carbonyl (C=O) groups is 2. The molecule has 0 aliphatic rings. The fourth-order valence-electron chi connectivity index (χ4n) is 2.89. The number of hydrazone groups is 1. The number of hydrogen-bond acceptors (Lipinski definition) is 5. The summed E-state index contributed by atoms with van der Waals surface area (Å²) in [6.45, 7) is 2.52. The van der Waals surface area contributed by atoms with Gasteiger partial charge in [-0.2, -0.15) is 5.10 Å². The molecule has 3 rings (SSSR count). The summed E-state index contributed by atoms with van der Waals surface area (Å²) in [4.78, 5) is 24.0. The van der Waals surface area contributed by atoms with Crippen LogP contribution in [0.15, 0.2) is 65.8 Å². The van der Waals surface area contributed by atoms with E-state index in [0.717, 1.165) is 5.56 Å². The van der Waals surface area contributed by atoms with Crippen LogP contribution in [0.3, 0.4) is 0 Å². The van der Waals surface area contributed by atoms with Gasteiger partial charge in [0.2, 0.25) is 11.8 Å². The third-order valence-electron chi connectivity index (χ3n) is 4.52. The zero-order chi connectivity index (χ0) is 25.2. The Bertz CT molecular complexity index is 1220. The molecule has 0 unspecified atom stereocenters. The van der Waals surface area contributed by atoms with Crippen LogP contribution in [0.4, 0.5) is 5.69 Å². The largest absolute Gasteiger partial charge is 0.490 e. The smallest absolute Gasteiger partial charge is 0.249 e. The molecule has 2 amide bonds. The Kier molecular flexibility index (Phi) is 9.78. The zero-order valence-corrected chi connectivity index (χ0v) is 21.0. The van der Waals surface area contributed by atoms with E-state index >= 15 is 0 Å². The first kappa shape index (κ1) is 26.3. The van der Waals surface area contributed by atoms with Gasteiger partial charge in [-0.15, -0.1) is 0 Å². The molecule has 0 aliphatic carbocycles. The predicted molar refractivity (Wildman–Crippen MR) is 139 cm³/mol. The number of nitrogens with zero attached hydrogens (tertiary/aromatic N) is 1. The van der Waals surface area contributed by atoms with Crippen molar-refractivity contribution in [2.24, 2.45) is 5.10 Å². The summed E-state index contributed by atoms with van der Waals surface area (Å²) in [7, 11) is 0. The van der Waals surface area contributed by atoms with Crippen molar-refractivity contribution in [1.29, 1.82) is 0 Å². The number of nitrogens with one attached hydrogen (secondary N) is 2. The summed E-state index contributed by atoms with van der Waals surface area (Å²) < 4.78 is 11.5. The van der Waals surface area contributed by atoms with Crippen molar-refractivity contribution in [2.75, 3.05) is 11.9 Å². The molecule has 7 nitrogen and oxygen atoms in total. The summed E-state index contributed by atoms with van der Waals surface area (Å²) in [5.41, 5.74) is 4.32. The van der Waals surface area contributed by atoms with Crippen molar-refractivity contribution < 1.29 is 19.1 Å². The highest BCUT2D eigenvalue weighted by atomic mass is 35.5. The van der Waals surface area contributed by atoms with Gasteiger partial charge in [0.1, 0.15) is 13.0 Å². The lowest BCUT2D eigenvalue weighted by Gasteiger charge is -2.13. The van der Waals surface area contributed by atoms with E-state index < -0.39 is 11.8 Å². The topological polar surface area (TPSA) is 89.0 Å². The third kappa shape index (κ3) is 8.47. The van der Waals surface area contributed by atoms with Gasteiger partial charge in [-0.1, -0.05) is 40.9 Å². The molecule has 0 spiro atoms. The Hall–Kier alpha value is -3.26. The molecule has 10 heteroatoms. The van der Waals surface area contributed by atoms with Crippen molar-refractivity contribution >= 4 is 58.5 Å². The molecular weight excluding hydrogens is 513 g/mol. The minimum absolute atomic E-state index is 0.234. The van der Waals surface area contributed by atoms with Gasteiger partial charge in [-0.05, 0) is 67.1 Å². The van der Waals surface area contributed by atoms with Crippen LogP contribution in [0, 0.1) is 0 Å². The van der Waals surface area contributed by atoms with Gasteiger partial charge in [-0.3, -0.25) is 9.59 Å². The maximum Gasteiger partial charge on any atom is 0.249 e. The molecule has 0 fully saturated rings. The molecule has 0 heterocycles. The molecule has 0 aromatic heterocycles. The Morgan fingerprint density at radius 3 is 2.34 bits per heavy atom. The summed E-state index contributed by atoms with van der Waals surface area (Å²) in [5.74, 6) is 0.00613. The molecule has 0 radical (unpaired) electrons. The fourth-order valence-corrected chi connectivity index (χ4v) is 3.48. The average Bonchev–Trinajstić information content (AvgIpc) is 2.81. The molecule has 35 heavy (non-hydrogen) atoms. The molecule has 0 saturated heterocycles. The van der Waals surface area contributed by atoms with Gasteiger partial charge in [-0.25, -0.2) is 5.43 Å². The SMILES string of the molecule is CCOc1cc(C=NNC(=O)CC(=O)Nc2ccc(Cl)cc2)ccc1OCc1ccc(Cl)cc1Cl. The van der Waals surface area contributed by atoms with E-state index in [0.29, 0.717) is 44.4 Å². The molecule has 182 valence electrons. The first-order valence-electron chi connectivity index (χ1n) is 10.5. The zero-order valence-electron chi connectivity index (χ0n) is 18.7. The number of halogens is 3. The van der Waals surface area contributed by atoms with Gasteiger partial charge in [0, 0.05) is 26.3 Å². The summed E-state index contributed by atoms with van der Waals surface area (Å²) >= 11 is 17.9. The predicted octanol–water partition coefficient (Wildman–Crippen LogP) is 6.10. The van der Waals surface area contributed by atoms with Crippen molar-refractivity contribution in [1.82, 2.24) is 5.43 Å². The molecule has 3 aromatic rings. The molecular formula is C25H22Cl3N3O4. The number of hydrogen-bond donors (Lipinski definition) is 2. The van der Waals surface area contributed by atoms with E-state index in [1.807, 2.05) is 6.92 Å². The van der Waals surface area contributed by atoms with Crippen LogP contribution in [0.5, 0.6) is 11.5 Å². The highest BCUT2D eigenvalue weighted by Gasteiger charge is 2.10. The fraction of sp³-hybridized carbons (Fsp3) is 0.160. The monoisotopic (exact) mass is 533 g/mol. The van der Waals surface area contributed by atoms with Crippen molar-refractivity contribution in [3.63, 3.8) is 0 Å². The molecule has 0 atom stereocenters. The first-order valence-corrected chi connectivity index (χ1v) is 11.7. The van der Waals surface area contributed by atoms with Gasteiger partial charge < -0.3 is 14.8 Å².